The van der Waals surface area contributed by atoms with Crippen molar-refractivity contribution >= 4 is 0 Å². The van der Waals surface area contributed by atoms with Crippen LogP contribution >= 0.6 is 0 Å². The van der Waals surface area contributed by atoms with Gasteiger partial charge in [-0.1, -0.05) is 0 Å². The molecule has 0 spiro atoms. The zero-order valence-corrected chi connectivity index (χ0v) is 9.71. The Kier molecular flexibility index (Phi) is 4.42. The van der Waals surface area contributed by atoms with Crippen molar-refractivity contribution in [2.75, 3.05) is 26.4 Å². The molecule has 2 rings (SSSR count). The largest absolute Gasteiger partial charge is 0.381 e. The SMILES string of the molecule is CC1NCCCC1OCC1CCOCC1. The summed E-state index contributed by atoms with van der Waals surface area (Å²) in [5.74, 6) is 0.730. The maximum Gasteiger partial charge on any atom is 0.0725 e. The van der Waals surface area contributed by atoms with Gasteiger partial charge < -0.3 is 14.8 Å². The van der Waals surface area contributed by atoms with Gasteiger partial charge in [0.15, 0.2) is 0 Å². The predicted molar refractivity (Wildman–Crippen MR) is 60.0 cm³/mol. The van der Waals surface area contributed by atoms with Gasteiger partial charge in [-0.05, 0) is 45.1 Å². The molecule has 0 aromatic rings. The first kappa shape index (κ1) is 11.4. The Morgan fingerprint density at radius 2 is 2.07 bits per heavy atom. The monoisotopic (exact) mass is 213 g/mol. The van der Waals surface area contributed by atoms with Crippen LogP contribution in [0.15, 0.2) is 0 Å². The molecule has 3 heteroatoms. The summed E-state index contributed by atoms with van der Waals surface area (Å²) in [5.41, 5.74) is 0. The number of nitrogens with one attached hydrogen (secondary N) is 1. The van der Waals surface area contributed by atoms with Gasteiger partial charge in [0.25, 0.3) is 0 Å². The molecule has 0 bridgehead atoms. The number of piperidine rings is 1. The van der Waals surface area contributed by atoms with Gasteiger partial charge in [0, 0.05) is 19.3 Å². The average molecular weight is 213 g/mol. The quantitative estimate of drug-likeness (QED) is 0.772. The van der Waals surface area contributed by atoms with Gasteiger partial charge >= 0.3 is 0 Å². The van der Waals surface area contributed by atoms with Gasteiger partial charge in [-0.3, -0.25) is 0 Å². The van der Waals surface area contributed by atoms with Crippen molar-refractivity contribution in [1.82, 2.24) is 5.32 Å². The number of hydrogen-bond acceptors (Lipinski definition) is 3. The van der Waals surface area contributed by atoms with E-state index in [0.717, 1.165) is 32.3 Å². The lowest BCUT2D eigenvalue weighted by Gasteiger charge is -2.32. The van der Waals surface area contributed by atoms with Crippen LogP contribution in [-0.4, -0.2) is 38.5 Å². The molecule has 2 atom stereocenters. The molecule has 2 aliphatic heterocycles. The van der Waals surface area contributed by atoms with Crippen LogP contribution in [-0.2, 0) is 9.47 Å². The maximum atomic E-state index is 6.02. The highest BCUT2D eigenvalue weighted by molar-refractivity contribution is 4.78. The summed E-state index contributed by atoms with van der Waals surface area (Å²) >= 11 is 0. The summed E-state index contributed by atoms with van der Waals surface area (Å²) in [5, 5.41) is 3.47. The standard InChI is InChI=1S/C12H23NO2/c1-10-12(3-2-6-13-10)15-9-11-4-7-14-8-5-11/h10-13H,2-9H2,1H3. The van der Waals surface area contributed by atoms with Gasteiger partial charge in [0.1, 0.15) is 0 Å². The molecule has 0 amide bonds. The second kappa shape index (κ2) is 5.83. The van der Waals surface area contributed by atoms with E-state index in [1.54, 1.807) is 0 Å². The lowest BCUT2D eigenvalue weighted by molar-refractivity contribution is -0.0316. The lowest BCUT2D eigenvalue weighted by Crippen LogP contribution is -2.44. The third kappa shape index (κ3) is 3.44. The van der Waals surface area contributed by atoms with E-state index >= 15 is 0 Å². The minimum atomic E-state index is 0.432. The summed E-state index contributed by atoms with van der Waals surface area (Å²) in [7, 11) is 0. The summed E-state index contributed by atoms with van der Waals surface area (Å²) in [6.45, 7) is 6.16. The van der Waals surface area contributed by atoms with Crippen LogP contribution in [0.1, 0.15) is 32.6 Å². The fourth-order valence-corrected chi connectivity index (χ4v) is 2.41. The van der Waals surface area contributed by atoms with Gasteiger partial charge in [0.05, 0.1) is 12.7 Å². The Balaban J connectivity index is 1.67. The van der Waals surface area contributed by atoms with E-state index < -0.39 is 0 Å². The number of ether oxygens (including phenoxy) is 2. The highest BCUT2D eigenvalue weighted by Gasteiger charge is 2.23. The fraction of sp³-hybridized carbons (Fsp3) is 1.00. The van der Waals surface area contributed by atoms with Gasteiger partial charge in [0.2, 0.25) is 0 Å². The second-order valence-electron chi connectivity index (χ2n) is 4.81. The molecule has 2 unspecified atom stereocenters. The van der Waals surface area contributed by atoms with Crippen LogP contribution in [0.2, 0.25) is 0 Å². The molecule has 3 nitrogen and oxygen atoms in total. The molecule has 2 aliphatic rings. The third-order valence-corrected chi connectivity index (χ3v) is 3.58. The Labute approximate surface area is 92.5 Å². The lowest BCUT2D eigenvalue weighted by atomic mass is 10.00. The first-order valence-corrected chi connectivity index (χ1v) is 6.29. The topological polar surface area (TPSA) is 30.5 Å². The van der Waals surface area contributed by atoms with Crippen LogP contribution in [0, 0.1) is 5.92 Å². The molecule has 0 aromatic heterocycles. The molecule has 0 aromatic carbocycles. The number of rotatable bonds is 3. The van der Waals surface area contributed by atoms with Crippen LogP contribution in [0.3, 0.4) is 0 Å². The summed E-state index contributed by atoms with van der Waals surface area (Å²) in [4.78, 5) is 0. The summed E-state index contributed by atoms with van der Waals surface area (Å²) in [6.07, 6.45) is 5.25. The molecule has 0 aliphatic carbocycles. The van der Waals surface area contributed by atoms with Gasteiger partial charge in [-0.15, -0.1) is 0 Å². The van der Waals surface area contributed by atoms with Crippen LogP contribution in [0.25, 0.3) is 0 Å². The van der Waals surface area contributed by atoms with Crippen molar-refractivity contribution in [3.05, 3.63) is 0 Å². The fourth-order valence-electron chi connectivity index (χ4n) is 2.41. The Morgan fingerprint density at radius 3 is 2.80 bits per heavy atom. The molecular formula is C12H23NO2. The molecule has 2 heterocycles. The van der Waals surface area contributed by atoms with Gasteiger partial charge in [-0.25, -0.2) is 0 Å². The first-order chi connectivity index (χ1) is 7.36. The number of hydrogen-bond donors (Lipinski definition) is 1. The third-order valence-electron chi connectivity index (χ3n) is 3.58. The van der Waals surface area contributed by atoms with Crippen LogP contribution < -0.4 is 5.32 Å². The Hall–Kier alpha value is -0.120. The molecule has 15 heavy (non-hydrogen) atoms. The summed E-state index contributed by atoms with van der Waals surface area (Å²) in [6, 6.07) is 0.526. The molecule has 1 N–H and O–H groups in total. The van der Waals surface area contributed by atoms with E-state index in [1.807, 2.05) is 0 Å². The van der Waals surface area contributed by atoms with Crippen molar-refractivity contribution < 1.29 is 9.47 Å². The highest BCUT2D eigenvalue weighted by Crippen LogP contribution is 2.18. The minimum absolute atomic E-state index is 0.432. The van der Waals surface area contributed by atoms with E-state index in [2.05, 4.69) is 12.2 Å². The first-order valence-electron chi connectivity index (χ1n) is 6.29. The van der Waals surface area contributed by atoms with Crippen molar-refractivity contribution in [2.45, 2.75) is 44.8 Å². The van der Waals surface area contributed by atoms with Crippen molar-refractivity contribution in [3.8, 4) is 0 Å². The Bertz CT molecular complexity index is 180. The van der Waals surface area contributed by atoms with E-state index in [0.29, 0.717) is 12.1 Å². The molecular weight excluding hydrogens is 190 g/mol. The van der Waals surface area contributed by atoms with E-state index in [9.17, 15) is 0 Å². The summed E-state index contributed by atoms with van der Waals surface area (Å²) < 4.78 is 11.4. The molecule has 0 radical (unpaired) electrons. The molecule has 2 saturated heterocycles. The van der Waals surface area contributed by atoms with E-state index in [1.165, 1.54) is 25.7 Å². The predicted octanol–water partition coefficient (Wildman–Crippen LogP) is 1.57. The van der Waals surface area contributed by atoms with Crippen molar-refractivity contribution in [2.24, 2.45) is 5.92 Å². The normalized spacial score (nSPS) is 34.2. The van der Waals surface area contributed by atoms with Crippen molar-refractivity contribution in [1.29, 1.82) is 0 Å². The van der Waals surface area contributed by atoms with E-state index in [4.69, 9.17) is 9.47 Å². The van der Waals surface area contributed by atoms with Crippen molar-refractivity contribution in [3.63, 3.8) is 0 Å². The minimum Gasteiger partial charge on any atom is -0.381 e. The zero-order chi connectivity index (χ0) is 10.5. The molecule has 88 valence electrons. The average Bonchev–Trinajstić information content (AvgIpc) is 2.29. The highest BCUT2D eigenvalue weighted by atomic mass is 16.5. The smallest absolute Gasteiger partial charge is 0.0725 e. The molecule has 0 saturated carbocycles. The van der Waals surface area contributed by atoms with Crippen LogP contribution in [0.5, 0.6) is 0 Å². The van der Waals surface area contributed by atoms with Crippen LogP contribution in [0.4, 0.5) is 0 Å². The van der Waals surface area contributed by atoms with Gasteiger partial charge in [-0.2, -0.15) is 0 Å². The maximum absolute atomic E-state index is 6.02. The Morgan fingerprint density at radius 1 is 1.27 bits per heavy atom. The van der Waals surface area contributed by atoms with E-state index in [-0.39, 0.29) is 0 Å². The molecule has 2 fully saturated rings. The zero-order valence-electron chi connectivity index (χ0n) is 9.71. The second-order valence-corrected chi connectivity index (χ2v) is 4.81.